The van der Waals surface area contributed by atoms with Gasteiger partial charge in [-0.15, -0.1) is 0 Å². The Morgan fingerprint density at radius 1 is 1.18 bits per heavy atom. The van der Waals surface area contributed by atoms with E-state index in [1.54, 1.807) is 30.5 Å². The number of imidazole rings is 1. The van der Waals surface area contributed by atoms with Gasteiger partial charge in [0.15, 0.2) is 5.95 Å². The number of anilines is 2. The molecule has 3 aromatic rings. The third-order valence-corrected chi connectivity index (χ3v) is 3.37. The van der Waals surface area contributed by atoms with Crippen molar-refractivity contribution in [2.45, 2.75) is 0 Å². The zero-order chi connectivity index (χ0) is 15.5. The Labute approximate surface area is 132 Å². The summed E-state index contributed by atoms with van der Waals surface area (Å²) in [5.41, 5.74) is 8.52. The molecule has 1 heterocycles. The van der Waals surface area contributed by atoms with Gasteiger partial charge in [0, 0.05) is 16.3 Å². The molecule has 0 atom stereocenters. The average Bonchev–Trinajstić information content (AvgIpc) is 2.94. The summed E-state index contributed by atoms with van der Waals surface area (Å²) in [7, 11) is 0. The van der Waals surface area contributed by atoms with Crippen LogP contribution in [-0.4, -0.2) is 15.9 Å². The summed E-state index contributed by atoms with van der Waals surface area (Å²) in [6.45, 7) is 0. The number of aromatic nitrogens is 2. The highest BCUT2D eigenvalue weighted by Gasteiger charge is 2.07. The minimum atomic E-state index is -0.207. The van der Waals surface area contributed by atoms with Crippen molar-refractivity contribution in [3.05, 3.63) is 65.3 Å². The normalized spacial score (nSPS) is 10.4. The third kappa shape index (κ3) is 3.10. The van der Waals surface area contributed by atoms with E-state index in [9.17, 15) is 4.79 Å². The first-order valence-electron chi connectivity index (χ1n) is 6.59. The molecule has 22 heavy (non-hydrogen) atoms. The van der Waals surface area contributed by atoms with Crippen LogP contribution in [0.15, 0.2) is 54.7 Å². The first-order chi connectivity index (χ1) is 10.6. The maximum Gasteiger partial charge on any atom is 0.255 e. The van der Waals surface area contributed by atoms with E-state index in [0.29, 0.717) is 22.2 Å². The zero-order valence-electron chi connectivity index (χ0n) is 11.5. The second kappa shape index (κ2) is 5.91. The number of benzene rings is 2. The number of hydrogen-bond acceptors (Lipinski definition) is 3. The molecule has 0 bridgehead atoms. The van der Waals surface area contributed by atoms with Crippen molar-refractivity contribution in [3.8, 4) is 11.3 Å². The number of rotatable bonds is 3. The fourth-order valence-electron chi connectivity index (χ4n) is 2.05. The van der Waals surface area contributed by atoms with E-state index in [2.05, 4.69) is 15.3 Å². The molecular weight excluding hydrogens is 300 g/mol. The second-order valence-electron chi connectivity index (χ2n) is 4.72. The molecule has 0 aliphatic carbocycles. The van der Waals surface area contributed by atoms with E-state index in [1.165, 1.54) is 0 Å². The van der Waals surface area contributed by atoms with Crippen LogP contribution in [0.1, 0.15) is 10.4 Å². The van der Waals surface area contributed by atoms with Crippen molar-refractivity contribution in [1.29, 1.82) is 0 Å². The van der Waals surface area contributed by atoms with Gasteiger partial charge in [-0.1, -0.05) is 29.8 Å². The Kier molecular flexibility index (Phi) is 3.80. The number of nitrogens with two attached hydrogens (primary N) is 1. The van der Waals surface area contributed by atoms with Crippen LogP contribution in [0.4, 0.5) is 11.6 Å². The summed E-state index contributed by atoms with van der Waals surface area (Å²) < 4.78 is 0. The minimum absolute atomic E-state index is 0.207. The Hall–Kier alpha value is -2.79. The number of nitrogens with zero attached hydrogens (tertiary/aromatic N) is 1. The third-order valence-electron chi connectivity index (χ3n) is 3.14. The van der Waals surface area contributed by atoms with E-state index in [-0.39, 0.29) is 5.91 Å². The zero-order valence-corrected chi connectivity index (χ0v) is 12.3. The van der Waals surface area contributed by atoms with Gasteiger partial charge in [-0.25, -0.2) is 4.98 Å². The number of H-pyrrole nitrogens is 1. The van der Waals surface area contributed by atoms with Crippen molar-refractivity contribution in [3.63, 3.8) is 0 Å². The van der Waals surface area contributed by atoms with Crippen LogP contribution in [0.5, 0.6) is 0 Å². The molecule has 1 amide bonds. The molecule has 0 radical (unpaired) electrons. The standard InChI is InChI=1S/C16H13ClN4O/c17-12-3-1-2-11(8-12)15(22)20-13-6-4-10(5-7-13)14-9-19-16(18)21-14/h1-9H,(H,20,22)(H3,18,19,21). The van der Waals surface area contributed by atoms with Crippen molar-refractivity contribution in [2.24, 2.45) is 0 Å². The molecule has 110 valence electrons. The van der Waals surface area contributed by atoms with Gasteiger partial charge in [0.1, 0.15) is 0 Å². The lowest BCUT2D eigenvalue weighted by molar-refractivity contribution is 0.102. The van der Waals surface area contributed by atoms with Crippen molar-refractivity contribution in [2.75, 3.05) is 11.1 Å². The summed E-state index contributed by atoms with van der Waals surface area (Å²) >= 11 is 5.88. The van der Waals surface area contributed by atoms with E-state index in [0.717, 1.165) is 11.3 Å². The second-order valence-corrected chi connectivity index (χ2v) is 5.16. The van der Waals surface area contributed by atoms with Crippen LogP contribution >= 0.6 is 11.6 Å². The van der Waals surface area contributed by atoms with Gasteiger partial charge in [-0.05, 0) is 35.9 Å². The maximum absolute atomic E-state index is 12.1. The highest BCUT2D eigenvalue weighted by Crippen LogP contribution is 2.20. The SMILES string of the molecule is Nc1ncc(-c2ccc(NC(=O)c3cccc(Cl)c3)cc2)[nH]1. The molecule has 1 aromatic heterocycles. The minimum Gasteiger partial charge on any atom is -0.369 e. The van der Waals surface area contributed by atoms with Crippen LogP contribution in [0.25, 0.3) is 11.3 Å². The molecule has 0 unspecified atom stereocenters. The Morgan fingerprint density at radius 3 is 2.59 bits per heavy atom. The number of aromatic amines is 1. The van der Waals surface area contributed by atoms with Crippen LogP contribution < -0.4 is 11.1 Å². The molecular formula is C16H13ClN4O. The van der Waals surface area contributed by atoms with Crippen molar-refractivity contribution in [1.82, 2.24) is 9.97 Å². The van der Waals surface area contributed by atoms with Crippen LogP contribution in [-0.2, 0) is 0 Å². The summed E-state index contributed by atoms with van der Waals surface area (Å²) in [6, 6.07) is 14.2. The Balaban J connectivity index is 1.75. The van der Waals surface area contributed by atoms with Gasteiger partial charge in [0.25, 0.3) is 5.91 Å². The van der Waals surface area contributed by atoms with E-state index < -0.39 is 0 Å². The fourth-order valence-corrected chi connectivity index (χ4v) is 2.24. The lowest BCUT2D eigenvalue weighted by Gasteiger charge is -2.06. The van der Waals surface area contributed by atoms with Crippen LogP contribution in [0.3, 0.4) is 0 Å². The topological polar surface area (TPSA) is 83.8 Å². The van der Waals surface area contributed by atoms with Crippen molar-refractivity contribution < 1.29 is 4.79 Å². The fraction of sp³-hybridized carbons (Fsp3) is 0. The van der Waals surface area contributed by atoms with E-state index >= 15 is 0 Å². The number of nitrogen functional groups attached to an aromatic ring is 1. The van der Waals surface area contributed by atoms with Gasteiger partial charge in [-0.3, -0.25) is 4.79 Å². The Bertz CT molecular complexity index is 811. The van der Waals surface area contributed by atoms with Crippen molar-refractivity contribution >= 4 is 29.1 Å². The molecule has 5 nitrogen and oxygen atoms in total. The largest absolute Gasteiger partial charge is 0.369 e. The lowest BCUT2D eigenvalue weighted by Crippen LogP contribution is -2.11. The molecule has 0 aliphatic heterocycles. The number of halogens is 1. The monoisotopic (exact) mass is 312 g/mol. The summed E-state index contributed by atoms with van der Waals surface area (Å²) in [6.07, 6.45) is 1.66. The van der Waals surface area contributed by atoms with Crippen LogP contribution in [0.2, 0.25) is 5.02 Å². The molecule has 0 saturated heterocycles. The quantitative estimate of drug-likeness (QED) is 0.691. The summed E-state index contributed by atoms with van der Waals surface area (Å²) in [5.74, 6) is 0.161. The highest BCUT2D eigenvalue weighted by molar-refractivity contribution is 6.31. The molecule has 6 heteroatoms. The molecule has 0 fully saturated rings. The van der Waals surface area contributed by atoms with Gasteiger partial charge in [-0.2, -0.15) is 0 Å². The number of amides is 1. The van der Waals surface area contributed by atoms with Crippen LogP contribution in [0, 0.1) is 0 Å². The van der Waals surface area contributed by atoms with Gasteiger partial charge in [0.2, 0.25) is 0 Å². The summed E-state index contributed by atoms with van der Waals surface area (Å²) in [4.78, 5) is 19.0. The number of carbonyl (C=O) groups is 1. The average molecular weight is 313 g/mol. The van der Waals surface area contributed by atoms with Gasteiger partial charge < -0.3 is 16.0 Å². The molecule has 3 rings (SSSR count). The molecule has 0 saturated carbocycles. The maximum atomic E-state index is 12.1. The van der Waals surface area contributed by atoms with Gasteiger partial charge in [0.05, 0.1) is 11.9 Å². The number of nitrogens with one attached hydrogen (secondary N) is 2. The predicted octanol–water partition coefficient (Wildman–Crippen LogP) is 3.56. The van der Waals surface area contributed by atoms with Gasteiger partial charge >= 0.3 is 0 Å². The number of hydrogen-bond donors (Lipinski definition) is 3. The predicted molar refractivity (Wildman–Crippen MR) is 87.8 cm³/mol. The van der Waals surface area contributed by atoms with E-state index in [1.807, 2.05) is 24.3 Å². The molecule has 2 aromatic carbocycles. The van der Waals surface area contributed by atoms with E-state index in [4.69, 9.17) is 17.3 Å². The molecule has 4 N–H and O–H groups in total. The summed E-state index contributed by atoms with van der Waals surface area (Å²) in [5, 5.41) is 3.35. The molecule has 0 aliphatic rings. The Morgan fingerprint density at radius 2 is 1.95 bits per heavy atom. The first-order valence-corrected chi connectivity index (χ1v) is 6.97. The molecule has 0 spiro atoms. The highest BCUT2D eigenvalue weighted by atomic mass is 35.5. The first kappa shape index (κ1) is 14.2. The smallest absolute Gasteiger partial charge is 0.255 e. The number of carbonyl (C=O) groups excluding carboxylic acids is 1. The lowest BCUT2D eigenvalue weighted by atomic mass is 10.1.